The van der Waals surface area contributed by atoms with E-state index in [1.807, 2.05) is 78.5 Å². The topological polar surface area (TPSA) is 90.1 Å². The van der Waals surface area contributed by atoms with Gasteiger partial charge in [-0.2, -0.15) is 0 Å². The molecule has 0 saturated heterocycles. The molecule has 0 heterocycles. The van der Waals surface area contributed by atoms with E-state index < -0.39 is 0 Å². The van der Waals surface area contributed by atoms with E-state index in [1.54, 1.807) is 0 Å². The molecule has 0 atom stereocenters. The van der Waals surface area contributed by atoms with Crippen LogP contribution in [-0.2, 0) is 18.8 Å². The van der Waals surface area contributed by atoms with Crippen LogP contribution in [0.1, 0.15) is 27.8 Å². The average molecular weight is 561 g/mol. The number of hydrogen-bond donors (Lipinski definition) is 4. The zero-order valence-electron chi connectivity index (χ0n) is 23.7. The van der Waals surface area contributed by atoms with Crippen LogP contribution >= 0.6 is 11.8 Å². The summed E-state index contributed by atoms with van der Waals surface area (Å²) in [7, 11) is 0. The lowest BCUT2D eigenvalue weighted by Gasteiger charge is -2.12. The highest BCUT2D eigenvalue weighted by atomic mass is 32.2. The van der Waals surface area contributed by atoms with Crippen LogP contribution in [0.3, 0.4) is 0 Å². The first-order chi connectivity index (χ1) is 20.0. The van der Waals surface area contributed by atoms with Gasteiger partial charge in [-0.1, -0.05) is 133 Å². The van der Waals surface area contributed by atoms with Crippen molar-refractivity contribution in [1.82, 2.24) is 5.43 Å². The molecule has 0 saturated carbocycles. The van der Waals surface area contributed by atoms with E-state index in [1.165, 1.54) is 32.4 Å². The lowest BCUT2D eigenvalue weighted by Crippen LogP contribution is -2.20. The third kappa shape index (κ3) is 11.1. The summed E-state index contributed by atoms with van der Waals surface area (Å²) >= 11 is 1.84. The first-order valence-electron chi connectivity index (χ1n) is 13.5. The molecular weight excluding hydrogens is 520 g/mol. The van der Waals surface area contributed by atoms with Crippen LogP contribution in [0.15, 0.2) is 145 Å². The van der Waals surface area contributed by atoms with E-state index in [4.69, 9.17) is 17.3 Å². The van der Waals surface area contributed by atoms with E-state index in [0.29, 0.717) is 18.8 Å². The molecule has 0 fully saturated rings. The predicted molar refractivity (Wildman–Crippen MR) is 179 cm³/mol. The Kier molecular flexibility index (Phi) is 13.4. The van der Waals surface area contributed by atoms with Crippen molar-refractivity contribution in [1.29, 1.82) is 0 Å². The number of nitrogens with two attached hydrogens (primary N) is 3. The van der Waals surface area contributed by atoms with Gasteiger partial charge in [0.1, 0.15) is 0 Å². The molecule has 0 unspecified atom stereocenters. The molecule has 5 rings (SSSR count). The number of thioether (sulfide) groups is 1. The Morgan fingerprint density at radius 2 is 1.39 bits per heavy atom. The SMILES string of the molecule is C=C(N)/C=C\c1ccc2cc(CNN)ccc2c1SCc1ccccc1.Cc1ccccc1.NCc1ccccc1. The Labute approximate surface area is 248 Å². The number of hydrogen-bond acceptors (Lipinski definition) is 5. The van der Waals surface area contributed by atoms with Crippen LogP contribution in [0.2, 0.25) is 0 Å². The largest absolute Gasteiger partial charge is 0.399 e. The number of allylic oxidation sites excluding steroid dienone is 1. The van der Waals surface area contributed by atoms with Gasteiger partial charge in [0, 0.05) is 29.4 Å². The lowest BCUT2D eigenvalue weighted by atomic mass is 10.0. The Morgan fingerprint density at radius 3 is 1.90 bits per heavy atom. The summed E-state index contributed by atoms with van der Waals surface area (Å²) in [5, 5.41) is 2.44. The summed E-state index contributed by atoms with van der Waals surface area (Å²) in [4.78, 5) is 1.25. The predicted octanol–water partition coefficient (Wildman–Crippen LogP) is 7.72. The highest BCUT2D eigenvalue weighted by Crippen LogP contribution is 2.35. The van der Waals surface area contributed by atoms with Crippen LogP contribution < -0.4 is 22.7 Å². The minimum absolute atomic E-state index is 0.550. The van der Waals surface area contributed by atoms with Crippen molar-refractivity contribution in [2.45, 2.75) is 30.7 Å². The second-order valence-corrected chi connectivity index (χ2v) is 10.4. The lowest BCUT2D eigenvalue weighted by molar-refractivity contribution is 0.742. The summed E-state index contributed by atoms with van der Waals surface area (Å²) in [6, 6.07) is 41.5. The summed E-state index contributed by atoms with van der Waals surface area (Å²) in [6.07, 6.45) is 3.88. The van der Waals surface area contributed by atoms with Gasteiger partial charge >= 0.3 is 0 Å². The maximum atomic E-state index is 5.71. The maximum absolute atomic E-state index is 5.71. The number of rotatable bonds is 8. The first-order valence-corrected chi connectivity index (χ1v) is 14.5. The van der Waals surface area contributed by atoms with Gasteiger partial charge in [0.05, 0.1) is 0 Å². The zero-order chi connectivity index (χ0) is 29.3. The Balaban J connectivity index is 0.000000249. The monoisotopic (exact) mass is 560 g/mol. The smallest absolute Gasteiger partial charge is 0.0348 e. The first kappa shape index (κ1) is 31.4. The zero-order valence-corrected chi connectivity index (χ0v) is 24.5. The summed E-state index contributed by atoms with van der Waals surface area (Å²) in [5.41, 5.74) is 20.5. The maximum Gasteiger partial charge on any atom is 0.0348 e. The highest BCUT2D eigenvalue weighted by molar-refractivity contribution is 7.98. The summed E-state index contributed by atoms with van der Waals surface area (Å²) in [5.74, 6) is 6.37. The van der Waals surface area contributed by atoms with E-state index in [2.05, 4.69) is 85.7 Å². The molecule has 41 heavy (non-hydrogen) atoms. The number of aryl methyl sites for hydroxylation is 1. The fraction of sp³-hybridized carbons (Fsp3) is 0.111. The average Bonchev–Trinajstić information content (AvgIpc) is 3.01. The minimum Gasteiger partial charge on any atom is -0.399 e. The van der Waals surface area contributed by atoms with Crippen molar-refractivity contribution in [3.8, 4) is 0 Å². The molecule has 0 aromatic heterocycles. The van der Waals surface area contributed by atoms with Crippen molar-refractivity contribution in [3.05, 3.63) is 167 Å². The van der Waals surface area contributed by atoms with E-state index >= 15 is 0 Å². The van der Waals surface area contributed by atoms with Gasteiger partial charge in [0.15, 0.2) is 0 Å². The van der Waals surface area contributed by atoms with Crippen LogP contribution in [0.25, 0.3) is 16.8 Å². The second kappa shape index (κ2) is 17.5. The van der Waals surface area contributed by atoms with Gasteiger partial charge in [0.2, 0.25) is 0 Å². The van der Waals surface area contributed by atoms with Gasteiger partial charge < -0.3 is 11.5 Å². The van der Waals surface area contributed by atoms with Gasteiger partial charge in [0.25, 0.3) is 0 Å². The molecular formula is C36H40N4S. The summed E-state index contributed by atoms with van der Waals surface area (Å²) < 4.78 is 0. The van der Waals surface area contributed by atoms with Crippen LogP contribution in [0, 0.1) is 6.92 Å². The molecule has 0 amide bonds. The van der Waals surface area contributed by atoms with Crippen molar-refractivity contribution >= 4 is 28.6 Å². The van der Waals surface area contributed by atoms with Crippen molar-refractivity contribution < 1.29 is 0 Å². The number of hydrazine groups is 1. The standard InChI is InChI=1S/C22H23N3S.C7H9N.C7H8/c1-16(23)7-9-19-10-11-20-13-18(14-25-24)8-12-21(20)22(19)26-15-17-5-3-2-4-6-17;8-6-7-4-2-1-3-5-7;1-7-5-3-2-4-6-7/h2-13,25H,1,14-15,23-24H2;1-5H,6,8H2;2-6H,1H3/b9-7-;;. The van der Waals surface area contributed by atoms with Crippen molar-refractivity contribution in [2.75, 3.05) is 0 Å². The van der Waals surface area contributed by atoms with E-state index in [0.717, 1.165) is 16.9 Å². The number of nitrogens with one attached hydrogen (secondary N) is 1. The molecule has 5 heteroatoms. The number of fused-ring (bicyclic) bond motifs is 1. The highest BCUT2D eigenvalue weighted by Gasteiger charge is 2.08. The molecule has 0 aliphatic heterocycles. The Bertz CT molecular complexity index is 1500. The van der Waals surface area contributed by atoms with E-state index in [9.17, 15) is 0 Å². The fourth-order valence-corrected chi connectivity index (χ4v) is 5.11. The van der Waals surface area contributed by atoms with Crippen LogP contribution in [-0.4, -0.2) is 0 Å². The van der Waals surface area contributed by atoms with Gasteiger partial charge in [-0.25, -0.2) is 0 Å². The molecule has 7 N–H and O–H groups in total. The van der Waals surface area contributed by atoms with Crippen LogP contribution in [0.5, 0.6) is 0 Å². The Hall–Kier alpha value is -4.13. The quantitative estimate of drug-likeness (QED) is 0.0675. The molecule has 0 aliphatic rings. The van der Waals surface area contributed by atoms with E-state index in [-0.39, 0.29) is 0 Å². The molecule has 210 valence electrons. The van der Waals surface area contributed by atoms with Crippen LogP contribution in [0.4, 0.5) is 0 Å². The third-order valence-electron chi connectivity index (χ3n) is 6.09. The molecule has 0 spiro atoms. The molecule has 4 nitrogen and oxygen atoms in total. The molecule has 5 aromatic rings. The van der Waals surface area contributed by atoms with Gasteiger partial charge in [-0.05, 0) is 52.1 Å². The fourth-order valence-electron chi connectivity index (χ4n) is 3.96. The van der Waals surface area contributed by atoms with Gasteiger partial charge in [-0.3, -0.25) is 11.3 Å². The molecule has 0 aliphatic carbocycles. The Morgan fingerprint density at radius 1 is 0.780 bits per heavy atom. The normalized spacial score (nSPS) is 10.4. The molecule has 0 bridgehead atoms. The van der Waals surface area contributed by atoms with Crippen molar-refractivity contribution in [2.24, 2.45) is 17.3 Å². The molecule has 5 aromatic carbocycles. The third-order valence-corrected chi connectivity index (χ3v) is 7.32. The number of benzene rings is 5. The summed E-state index contributed by atoms with van der Waals surface area (Å²) in [6.45, 7) is 7.13. The molecule has 0 radical (unpaired) electrons. The second-order valence-electron chi connectivity index (χ2n) is 9.45. The minimum atomic E-state index is 0.550. The van der Waals surface area contributed by atoms with Crippen molar-refractivity contribution in [3.63, 3.8) is 0 Å². The van der Waals surface area contributed by atoms with Gasteiger partial charge in [-0.15, -0.1) is 11.8 Å².